The first-order valence-corrected chi connectivity index (χ1v) is 15.6. The molecule has 0 spiro atoms. The molecule has 11 heteroatoms. The Morgan fingerprint density at radius 1 is 1.10 bits per heavy atom. The molecule has 1 saturated heterocycles. The number of fused-ring (bicyclic) bond motifs is 1. The molecule has 204 valence electrons. The summed E-state index contributed by atoms with van der Waals surface area (Å²) in [5.74, 6) is 7.08. The van der Waals surface area contributed by atoms with E-state index in [2.05, 4.69) is 86.7 Å². The Hall–Kier alpha value is -2.96. The largest absolute Gasteiger partial charge is 0.495 e. The molecule has 39 heavy (non-hydrogen) atoms. The van der Waals surface area contributed by atoms with Gasteiger partial charge >= 0.3 is 0 Å². The lowest BCUT2D eigenvalue weighted by Gasteiger charge is -2.41. The van der Waals surface area contributed by atoms with Crippen LogP contribution in [0.1, 0.15) is 31.9 Å². The van der Waals surface area contributed by atoms with Crippen LogP contribution in [0.15, 0.2) is 47.4 Å². The first-order valence-electron chi connectivity index (χ1n) is 13.8. The number of rotatable bonds is 9. The van der Waals surface area contributed by atoms with Crippen molar-refractivity contribution in [2.45, 2.75) is 48.9 Å². The van der Waals surface area contributed by atoms with Crippen molar-refractivity contribution in [3.63, 3.8) is 0 Å². The summed E-state index contributed by atoms with van der Waals surface area (Å²) in [4.78, 5) is 2.80. The van der Waals surface area contributed by atoms with Crippen LogP contribution >= 0.6 is 0 Å². The zero-order valence-corrected chi connectivity index (χ0v) is 24.9. The fourth-order valence-corrected chi connectivity index (χ4v) is 5.85. The van der Waals surface area contributed by atoms with Gasteiger partial charge in [0.25, 0.3) is 0 Å². The quantitative estimate of drug-likeness (QED) is 0.313. The van der Waals surface area contributed by atoms with Gasteiger partial charge in [-0.1, -0.05) is 24.1 Å². The van der Waals surface area contributed by atoms with Crippen molar-refractivity contribution in [1.82, 2.24) is 9.47 Å². The van der Waals surface area contributed by atoms with Crippen molar-refractivity contribution in [3.8, 4) is 17.6 Å². The molecule has 7 nitrogen and oxygen atoms in total. The highest BCUT2D eigenvalue weighted by molar-refractivity contribution is 7.90. The second kappa shape index (κ2) is 12.1. The maximum Gasteiger partial charge on any atom is 0.175 e. The molecule has 1 aliphatic heterocycles. The Morgan fingerprint density at radius 2 is 1.85 bits per heavy atom. The Bertz CT molecular complexity index is 1480. The highest BCUT2D eigenvalue weighted by Gasteiger charge is 2.27. The summed E-state index contributed by atoms with van der Waals surface area (Å²) in [5, 5.41) is 8.52. The molecule has 4 rings (SSSR count). The van der Waals surface area contributed by atoms with E-state index in [1.54, 1.807) is 12.1 Å². The van der Waals surface area contributed by atoms with E-state index in [0.29, 0.717) is 24.0 Å². The van der Waals surface area contributed by atoms with Crippen molar-refractivity contribution in [1.29, 1.82) is 0 Å². The normalized spacial score (nSPS) is 15.1. The number of sulfone groups is 1. The lowest BCUT2D eigenvalue weighted by molar-refractivity contribution is 0.217. The number of nitrogens with one attached hydrogen (secondary N) is 2. The van der Waals surface area contributed by atoms with E-state index in [1.165, 1.54) is 36.0 Å². The smallest absolute Gasteiger partial charge is 0.175 e. The Kier molecular flexibility index (Phi) is 8.98. The molecule has 1 aliphatic rings. The van der Waals surface area contributed by atoms with Gasteiger partial charge < -0.3 is 24.8 Å². The number of ether oxygens (including phenoxy) is 1. The predicted molar refractivity (Wildman–Crippen MR) is 170 cm³/mol. The second-order valence-electron chi connectivity index (χ2n) is 11.3. The number of piperidine rings is 1. The van der Waals surface area contributed by atoms with Gasteiger partial charge in [0.15, 0.2) is 9.84 Å². The number of nitrogens with zero attached hydrogens (tertiary/aromatic N) is 2. The van der Waals surface area contributed by atoms with Gasteiger partial charge in [-0.15, -0.1) is 0 Å². The van der Waals surface area contributed by atoms with Crippen LogP contribution in [-0.4, -0.2) is 85.7 Å². The van der Waals surface area contributed by atoms with Crippen LogP contribution in [0.2, 0.25) is 0 Å². The van der Waals surface area contributed by atoms with Crippen LogP contribution in [0.3, 0.4) is 0 Å². The van der Waals surface area contributed by atoms with Gasteiger partial charge in [0.2, 0.25) is 0 Å². The second-order valence-corrected chi connectivity index (χ2v) is 13.3. The van der Waals surface area contributed by atoms with Gasteiger partial charge in [0.05, 0.1) is 35.4 Å². The number of likely N-dealkylation sites (tertiary alicyclic amines) is 1. The summed E-state index contributed by atoms with van der Waals surface area (Å²) < 4.78 is 31.4. The van der Waals surface area contributed by atoms with E-state index < -0.39 is 9.84 Å². The molecular weight excluding hydrogens is 505 g/mol. The van der Waals surface area contributed by atoms with Crippen LogP contribution in [0.4, 0.5) is 11.4 Å². The maximum absolute atomic E-state index is 11.9. The SMILES string of the molecule is BC(B)(B)N1CCC(Nc2cccc3c2cc(C#CCNc2ccc(S(C)(=O)=O)cc2OC)n3CCC)CC1. The topological polar surface area (TPSA) is 75.6 Å². The van der Waals surface area contributed by atoms with Crippen LogP contribution in [0.5, 0.6) is 5.75 Å². The molecule has 2 N–H and O–H groups in total. The zero-order chi connectivity index (χ0) is 28.2. The lowest BCUT2D eigenvalue weighted by atomic mass is 9.48. The van der Waals surface area contributed by atoms with Gasteiger partial charge in [-0.2, -0.15) is 0 Å². The predicted octanol–water partition coefficient (Wildman–Crippen LogP) is 1.31. The van der Waals surface area contributed by atoms with Gasteiger partial charge in [-0.25, -0.2) is 8.42 Å². The minimum Gasteiger partial charge on any atom is -0.495 e. The third-order valence-electron chi connectivity index (χ3n) is 7.38. The fourth-order valence-electron chi connectivity index (χ4n) is 5.22. The third kappa shape index (κ3) is 6.98. The Balaban J connectivity index is 1.51. The van der Waals surface area contributed by atoms with Gasteiger partial charge in [0.1, 0.15) is 29.3 Å². The number of benzene rings is 2. The van der Waals surface area contributed by atoms with Crippen LogP contribution < -0.4 is 15.4 Å². The summed E-state index contributed by atoms with van der Waals surface area (Å²) >= 11 is 0. The molecule has 0 saturated carbocycles. The Morgan fingerprint density at radius 3 is 2.49 bits per heavy atom. The molecule has 0 amide bonds. The monoisotopic (exact) mass is 544 g/mol. The van der Waals surface area contributed by atoms with Crippen molar-refractivity contribution in [2.75, 3.05) is 43.6 Å². The van der Waals surface area contributed by atoms with Crippen molar-refractivity contribution in [2.24, 2.45) is 0 Å². The van der Waals surface area contributed by atoms with Crippen molar-refractivity contribution in [3.05, 3.63) is 48.2 Å². The molecule has 0 atom stereocenters. The van der Waals surface area contributed by atoms with E-state index in [4.69, 9.17) is 4.74 Å². The summed E-state index contributed by atoms with van der Waals surface area (Å²) in [6.07, 6.45) is 4.47. The van der Waals surface area contributed by atoms with E-state index in [0.717, 1.165) is 44.6 Å². The first kappa shape index (κ1) is 29.0. The van der Waals surface area contributed by atoms with Gasteiger partial charge in [-0.3, -0.25) is 0 Å². The van der Waals surface area contributed by atoms with Gasteiger partial charge in [-0.05, 0) is 68.6 Å². The summed E-state index contributed by atoms with van der Waals surface area (Å²) in [6, 6.07) is 14.0. The van der Waals surface area contributed by atoms with E-state index in [9.17, 15) is 8.42 Å². The number of hydrogen-bond acceptors (Lipinski definition) is 6. The molecule has 3 aromatic rings. The summed E-state index contributed by atoms with van der Waals surface area (Å²) in [7, 11) is 5.10. The lowest BCUT2D eigenvalue weighted by Crippen LogP contribution is -2.55. The average Bonchev–Trinajstić information content (AvgIpc) is 3.24. The fraction of sp³-hybridized carbons (Fsp3) is 0.429. The Labute approximate surface area is 236 Å². The molecule has 1 fully saturated rings. The van der Waals surface area contributed by atoms with E-state index >= 15 is 0 Å². The standard InChI is InChI=1S/C28H39B3N4O3S/c1-4-15-35-21(7-6-14-32-25-11-10-22(39(3,36)37)19-27(25)38-2)18-23-24(8-5-9-26(23)35)33-20-12-16-34(17-13-20)28(29,30)31/h5,8-11,18-20,32-33H,4,12-17,29-31H2,1-3H3. The molecule has 0 unspecified atom stereocenters. The number of hydrogen-bond donors (Lipinski definition) is 2. The third-order valence-corrected chi connectivity index (χ3v) is 8.49. The number of aromatic nitrogens is 1. The molecule has 2 heterocycles. The van der Waals surface area contributed by atoms with Crippen molar-refractivity contribution < 1.29 is 13.2 Å². The van der Waals surface area contributed by atoms with Gasteiger partial charge in [0, 0.05) is 36.0 Å². The highest BCUT2D eigenvalue weighted by Crippen LogP contribution is 2.30. The molecular formula is C28H39B3N4O3S. The molecule has 0 bridgehead atoms. The average molecular weight is 544 g/mol. The zero-order valence-electron chi connectivity index (χ0n) is 24.1. The van der Waals surface area contributed by atoms with E-state index in [1.807, 2.05) is 0 Å². The highest BCUT2D eigenvalue weighted by atomic mass is 32.2. The number of methoxy groups -OCH3 is 1. The summed E-state index contributed by atoms with van der Waals surface area (Å²) in [5.41, 5.74) is 4.07. The molecule has 0 radical (unpaired) electrons. The van der Waals surface area contributed by atoms with Crippen molar-refractivity contribution >= 4 is 55.7 Å². The molecule has 1 aromatic heterocycles. The number of anilines is 2. The summed E-state index contributed by atoms with van der Waals surface area (Å²) in [6.45, 7) is 5.70. The first-order chi connectivity index (χ1) is 18.5. The number of aryl methyl sites for hydroxylation is 1. The van der Waals surface area contributed by atoms with Crippen LogP contribution in [0.25, 0.3) is 10.9 Å². The molecule has 2 aromatic carbocycles. The van der Waals surface area contributed by atoms with Crippen LogP contribution in [0, 0.1) is 11.8 Å². The van der Waals surface area contributed by atoms with Crippen LogP contribution in [-0.2, 0) is 16.4 Å². The minimum absolute atomic E-state index is 0.218. The molecule has 0 aliphatic carbocycles. The van der Waals surface area contributed by atoms with E-state index in [-0.39, 0.29) is 10.1 Å². The minimum atomic E-state index is -3.30. The maximum atomic E-state index is 11.9.